The Morgan fingerprint density at radius 3 is 2.71 bits per heavy atom. The van der Waals surface area contributed by atoms with E-state index in [1.807, 2.05) is 54.6 Å². The van der Waals surface area contributed by atoms with Gasteiger partial charge < -0.3 is 19.5 Å². The molecule has 0 saturated carbocycles. The van der Waals surface area contributed by atoms with Gasteiger partial charge in [-0.15, -0.1) is 0 Å². The molecule has 0 spiro atoms. The Morgan fingerprint density at radius 2 is 1.92 bits per heavy atom. The molecule has 1 heterocycles. The summed E-state index contributed by atoms with van der Waals surface area (Å²) < 4.78 is 16.4. The molecule has 126 valence electrons. The summed E-state index contributed by atoms with van der Waals surface area (Å²) in [4.78, 5) is 12.0. The highest BCUT2D eigenvalue weighted by atomic mass is 16.6. The van der Waals surface area contributed by atoms with Crippen molar-refractivity contribution in [3.05, 3.63) is 65.7 Å². The molecule has 1 aliphatic rings. The van der Waals surface area contributed by atoms with Crippen LogP contribution in [0, 0.1) is 0 Å². The van der Waals surface area contributed by atoms with Gasteiger partial charge >= 0.3 is 0 Å². The number of hydrogen-bond donors (Lipinski definition) is 1. The van der Waals surface area contributed by atoms with Gasteiger partial charge in [-0.2, -0.15) is 0 Å². The van der Waals surface area contributed by atoms with Gasteiger partial charge in [0.25, 0.3) is 5.91 Å². The van der Waals surface area contributed by atoms with Crippen LogP contribution in [0.3, 0.4) is 0 Å². The van der Waals surface area contributed by atoms with E-state index in [0.29, 0.717) is 33.0 Å². The van der Waals surface area contributed by atoms with Crippen molar-refractivity contribution in [2.75, 3.05) is 19.8 Å². The molecule has 5 nitrogen and oxygen atoms in total. The van der Waals surface area contributed by atoms with Crippen molar-refractivity contribution < 1.29 is 19.0 Å². The highest BCUT2D eigenvalue weighted by Crippen LogP contribution is 2.15. The maximum atomic E-state index is 12.0. The quantitative estimate of drug-likeness (QED) is 0.884. The Morgan fingerprint density at radius 1 is 1.08 bits per heavy atom. The highest BCUT2D eigenvalue weighted by molar-refractivity contribution is 5.80. The van der Waals surface area contributed by atoms with Crippen LogP contribution in [-0.2, 0) is 27.4 Å². The van der Waals surface area contributed by atoms with E-state index in [9.17, 15) is 4.79 Å². The first kappa shape index (κ1) is 16.5. The van der Waals surface area contributed by atoms with Crippen LogP contribution in [0.1, 0.15) is 11.1 Å². The Labute approximate surface area is 141 Å². The normalized spacial score (nSPS) is 17.2. The standard InChI is InChI=1S/C19H21NO4/c21-19(18-14-22-9-10-23-18)20-12-16-7-4-8-17(11-16)24-13-15-5-2-1-3-6-15/h1-8,11,18H,9-10,12-14H2,(H,20,21)/t18-/m0/s1. The van der Waals surface area contributed by atoms with Crippen molar-refractivity contribution in [3.63, 3.8) is 0 Å². The number of benzene rings is 2. The Bertz CT molecular complexity index is 653. The lowest BCUT2D eigenvalue weighted by molar-refractivity contribution is -0.147. The van der Waals surface area contributed by atoms with Gasteiger partial charge in [-0.1, -0.05) is 42.5 Å². The first-order valence-electron chi connectivity index (χ1n) is 8.04. The minimum absolute atomic E-state index is 0.148. The molecule has 24 heavy (non-hydrogen) atoms. The molecule has 0 aliphatic carbocycles. The van der Waals surface area contributed by atoms with Crippen molar-refractivity contribution in [1.29, 1.82) is 0 Å². The number of amides is 1. The van der Waals surface area contributed by atoms with Crippen molar-refractivity contribution in [2.24, 2.45) is 0 Å². The maximum absolute atomic E-state index is 12.0. The van der Waals surface area contributed by atoms with Crippen LogP contribution < -0.4 is 10.1 Å². The Hall–Kier alpha value is -2.37. The van der Waals surface area contributed by atoms with E-state index in [0.717, 1.165) is 16.9 Å². The van der Waals surface area contributed by atoms with Crippen molar-refractivity contribution in [3.8, 4) is 5.75 Å². The molecule has 2 aromatic carbocycles. The van der Waals surface area contributed by atoms with Crippen LogP contribution in [0.2, 0.25) is 0 Å². The van der Waals surface area contributed by atoms with Gasteiger partial charge in [0, 0.05) is 6.54 Å². The molecule has 0 bridgehead atoms. The molecule has 1 aliphatic heterocycles. The first-order chi connectivity index (χ1) is 11.8. The fourth-order valence-electron chi connectivity index (χ4n) is 2.43. The second kappa shape index (κ2) is 8.47. The molecule has 0 aromatic heterocycles. The molecule has 3 rings (SSSR count). The number of carbonyl (C=O) groups is 1. The van der Waals surface area contributed by atoms with Gasteiger partial charge in [-0.05, 0) is 23.3 Å². The zero-order valence-corrected chi connectivity index (χ0v) is 13.4. The van der Waals surface area contributed by atoms with E-state index in [2.05, 4.69) is 5.32 Å². The number of rotatable bonds is 6. The summed E-state index contributed by atoms with van der Waals surface area (Å²) in [6, 6.07) is 17.7. The van der Waals surface area contributed by atoms with Crippen molar-refractivity contribution >= 4 is 5.91 Å². The van der Waals surface area contributed by atoms with Crippen LogP contribution >= 0.6 is 0 Å². The zero-order valence-electron chi connectivity index (χ0n) is 13.4. The summed E-state index contributed by atoms with van der Waals surface area (Å²) in [7, 11) is 0. The number of ether oxygens (including phenoxy) is 3. The van der Waals surface area contributed by atoms with Crippen LogP contribution in [0.5, 0.6) is 5.75 Å². The average Bonchev–Trinajstić information content (AvgIpc) is 2.66. The molecule has 1 atom stereocenters. The van der Waals surface area contributed by atoms with Gasteiger partial charge in [-0.25, -0.2) is 0 Å². The molecule has 1 saturated heterocycles. The van der Waals surface area contributed by atoms with Crippen LogP contribution in [0.4, 0.5) is 0 Å². The number of carbonyl (C=O) groups excluding carboxylic acids is 1. The molecule has 1 amide bonds. The van der Waals surface area contributed by atoms with Crippen molar-refractivity contribution in [1.82, 2.24) is 5.32 Å². The summed E-state index contributed by atoms with van der Waals surface area (Å²) in [6.45, 7) is 2.27. The molecular formula is C19H21NO4. The van der Waals surface area contributed by atoms with Crippen molar-refractivity contribution in [2.45, 2.75) is 19.3 Å². The van der Waals surface area contributed by atoms with E-state index in [1.165, 1.54) is 0 Å². The van der Waals surface area contributed by atoms with E-state index < -0.39 is 6.10 Å². The second-order valence-electron chi connectivity index (χ2n) is 5.57. The Kier molecular flexibility index (Phi) is 5.82. The third-order valence-corrected chi connectivity index (χ3v) is 3.72. The highest BCUT2D eigenvalue weighted by Gasteiger charge is 2.22. The van der Waals surface area contributed by atoms with Gasteiger partial charge in [-0.3, -0.25) is 4.79 Å². The minimum Gasteiger partial charge on any atom is -0.489 e. The molecule has 1 N–H and O–H groups in total. The summed E-state index contributed by atoms with van der Waals surface area (Å²) in [5.74, 6) is 0.633. The predicted molar refractivity (Wildman–Crippen MR) is 89.6 cm³/mol. The first-order valence-corrected chi connectivity index (χ1v) is 8.04. The third-order valence-electron chi connectivity index (χ3n) is 3.72. The molecule has 0 unspecified atom stereocenters. The largest absolute Gasteiger partial charge is 0.489 e. The smallest absolute Gasteiger partial charge is 0.251 e. The fraction of sp³-hybridized carbons (Fsp3) is 0.316. The van der Waals surface area contributed by atoms with E-state index in [1.54, 1.807) is 0 Å². The van der Waals surface area contributed by atoms with Crippen LogP contribution in [0.25, 0.3) is 0 Å². The lowest BCUT2D eigenvalue weighted by atomic mass is 10.2. The fourth-order valence-corrected chi connectivity index (χ4v) is 2.43. The predicted octanol–water partition coefficient (Wildman–Crippen LogP) is 2.30. The maximum Gasteiger partial charge on any atom is 0.251 e. The number of hydrogen-bond acceptors (Lipinski definition) is 4. The molecule has 5 heteroatoms. The van der Waals surface area contributed by atoms with Gasteiger partial charge in [0.2, 0.25) is 0 Å². The summed E-state index contributed by atoms with van der Waals surface area (Å²) in [6.07, 6.45) is -0.517. The molecular weight excluding hydrogens is 306 g/mol. The zero-order chi connectivity index (χ0) is 16.6. The molecule has 0 radical (unpaired) electrons. The topological polar surface area (TPSA) is 56.8 Å². The van der Waals surface area contributed by atoms with Gasteiger partial charge in [0.15, 0.2) is 6.10 Å². The van der Waals surface area contributed by atoms with Gasteiger partial charge in [0.1, 0.15) is 12.4 Å². The number of nitrogens with one attached hydrogen (secondary N) is 1. The summed E-state index contributed by atoms with van der Waals surface area (Å²) in [5, 5.41) is 2.87. The lowest BCUT2D eigenvalue weighted by Gasteiger charge is -2.22. The second-order valence-corrected chi connectivity index (χ2v) is 5.57. The monoisotopic (exact) mass is 327 g/mol. The summed E-state index contributed by atoms with van der Waals surface area (Å²) >= 11 is 0. The van der Waals surface area contributed by atoms with Crippen LogP contribution in [-0.4, -0.2) is 31.8 Å². The third kappa shape index (κ3) is 4.81. The average molecular weight is 327 g/mol. The minimum atomic E-state index is -0.517. The molecule has 2 aromatic rings. The van der Waals surface area contributed by atoms with E-state index in [4.69, 9.17) is 14.2 Å². The van der Waals surface area contributed by atoms with E-state index >= 15 is 0 Å². The lowest BCUT2D eigenvalue weighted by Crippen LogP contribution is -2.42. The summed E-state index contributed by atoms with van der Waals surface area (Å²) in [5.41, 5.74) is 2.09. The van der Waals surface area contributed by atoms with Gasteiger partial charge in [0.05, 0.1) is 19.8 Å². The van der Waals surface area contributed by atoms with Crippen LogP contribution in [0.15, 0.2) is 54.6 Å². The molecule has 1 fully saturated rings. The Balaban J connectivity index is 1.50. The SMILES string of the molecule is O=C(NCc1cccc(OCc2ccccc2)c1)[C@@H]1COCCO1. The van der Waals surface area contributed by atoms with E-state index in [-0.39, 0.29) is 5.91 Å².